The molecule has 2 rings (SSSR count). The monoisotopic (exact) mass is 248 g/mol. The first-order valence-electron chi connectivity index (χ1n) is 6.34. The van der Waals surface area contributed by atoms with Gasteiger partial charge in [0.15, 0.2) is 0 Å². The van der Waals surface area contributed by atoms with Gasteiger partial charge in [-0.3, -0.25) is 9.48 Å². The SMILES string of the molecule is Cc1nn(C)cc1C(=O)NCCC1=CCNCC1. The summed E-state index contributed by atoms with van der Waals surface area (Å²) in [5.74, 6) is -0.0323. The second-order valence-corrected chi connectivity index (χ2v) is 4.62. The smallest absolute Gasteiger partial charge is 0.254 e. The Balaban J connectivity index is 1.81. The van der Waals surface area contributed by atoms with Crippen molar-refractivity contribution in [3.05, 3.63) is 29.1 Å². The van der Waals surface area contributed by atoms with Crippen molar-refractivity contribution in [2.45, 2.75) is 19.8 Å². The van der Waals surface area contributed by atoms with Crippen LogP contribution in [0.4, 0.5) is 0 Å². The summed E-state index contributed by atoms with van der Waals surface area (Å²) in [7, 11) is 1.82. The summed E-state index contributed by atoms with van der Waals surface area (Å²) in [6.45, 7) is 4.54. The molecule has 0 saturated carbocycles. The maximum atomic E-state index is 11.9. The Morgan fingerprint density at radius 2 is 2.44 bits per heavy atom. The molecule has 2 heterocycles. The van der Waals surface area contributed by atoms with Crippen LogP contribution in [0.3, 0.4) is 0 Å². The van der Waals surface area contributed by atoms with Gasteiger partial charge in [0.2, 0.25) is 0 Å². The van der Waals surface area contributed by atoms with Crippen molar-refractivity contribution >= 4 is 5.91 Å². The second kappa shape index (κ2) is 5.82. The van der Waals surface area contributed by atoms with E-state index < -0.39 is 0 Å². The average Bonchev–Trinajstić information content (AvgIpc) is 2.70. The van der Waals surface area contributed by atoms with Gasteiger partial charge < -0.3 is 10.6 Å². The van der Waals surface area contributed by atoms with Crippen molar-refractivity contribution in [3.63, 3.8) is 0 Å². The van der Waals surface area contributed by atoms with E-state index in [0.717, 1.165) is 31.6 Å². The molecule has 0 aliphatic carbocycles. The summed E-state index contributed by atoms with van der Waals surface area (Å²) in [4.78, 5) is 11.9. The first-order valence-corrected chi connectivity index (χ1v) is 6.34. The van der Waals surface area contributed by atoms with E-state index in [-0.39, 0.29) is 5.91 Å². The number of hydrogen-bond donors (Lipinski definition) is 2. The molecule has 0 aromatic carbocycles. The van der Waals surface area contributed by atoms with Gasteiger partial charge in [-0.25, -0.2) is 0 Å². The predicted octanol–water partition coefficient (Wildman–Crippen LogP) is 0.768. The van der Waals surface area contributed by atoms with Crippen molar-refractivity contribution in [3.8, 4) is 0 Å². The lowest BCUT2D eigenvalue weighted by atomic mass is 10.1. The number of rotatable bonds is 4. The Hall–Kier alpha value is -1.62. The quantitative estimate of drug-likeness (QED) is 0.774. The minimum Gasteiger partial charge on any atom is -0.352 e. The molecule has 1 amide bonds. The molecule has 0 fully saturated rings. The highest BCUT2D eigenvalue weighted by Crippen LogP contribution is 2.09. The van der Waals surface area contributed by atoms with Crippen LogP contribution in [0, 0.1) is 6.92 Å². The molecule has 0 radical (unpaired) electrons. The summed E-state index contributed by atoms with van der Waals surface area (Å²) in [5, 5.41) is 10.4. The molecule has 0 bridgehead atoms. The largest absolute Gasteiger partial charge is 0.352 e. The van der Waals surface area contributed by atoms with Gasteiger partial charge in [0.25, 0.3) is 5.91 Å². The first kappa shape index (κ1) is 12.8. The zero-order chi connectivity index (χ0) is 13.0. The van der Waals surface area contributed by atoms with Crippen molar-refractivity contribution < 1.29 is 4.79 Å². The maximum absolute atomic E-state index is 11.9. The molecule has 1 aliphatic rings. The van der Waals surface area contributed by atoms with E-state index in [9.17, 15) is 4.79 Å². The van der Waals surface area contributed by atoms with Crippen LogP contribution in [0.2, 0.25) is 0 Å². The summed E-state index contributed by atoms with van der Waals surface area (Å²) in [5.41, 5.74) is 2.87. The van der Waals surface area contributed by atoms with Crippen molar-refractivity contribution in [2.24, 2.45) is 7.05 Å². The first-order chi connectivity index (χ1) is 8.66. The van der Waals surface area contributed by atoms with Gasteiger partial charge in [-0.05, 0) is 26.3 Å². The Morgan fingerprint density at radius 1 is 1.61 bits per heavy atom. The number of aromatic nitrogens is 2. The molecule has 1 aliphatic heterocycles. The number of carbonyl (C=O) groups is 1. The molecule has 0 saturated heterocycles. The minimum absolute atomic E-state index is 0.0323. The van der Waals surface area contributed by atoms with E-state index in [1.807, 2.05) is 14.0 Å². The molecule has 5 heteroatoms. The van der Waals surface area contributed by atoms with Gasteiger partial charge in [0, 0.05) is 26.3 Å². The van der Waals surface area contributed by atoms with Crippen molar-refractivity contribution in [1.82, 2.24) is 20.4 Å². The fourth-order valence-electron chi connectivity index (χ4n) is 2.15. The molecular formula is C13H20N4O. The van der Waals surface area contributed by atoms with Gasteiger partial charge in [0.1, 0.15) is 0 Å². The minimum atomic E-state index is -0.0323. The highest BCUT2D eigenvalue weighted by Gasteiger charge is 2.12. The van der Waals surface area contributed by atoms with Crippen LogP contribution in [0.25, 0.3) is 0 Å². The maximum Gasteiger partial charge on any atom is 0.254 e. The van der Waals surface area contributed by atoms with Crippen molar-refractivity contribution in [1.29, 1.82) is 0 Å². The van der Waals surface area contributed by atoms with E-state index in [2.05, 4.69) is 21.8 Å². The summed E-state index contributed by atoms with van der Waals surface area (Å²) < 4.78 is 1.67. The molecule has 0 unspecified atom stereocenters. The topological polar surface area (TPSA) is 59.0 Å². The van der Waals surface area contributed by atoms with E-state index in [1.54, 1.807) is 10.9 Å². The van der Waals surface area contributed by atoms with Crippen LogP contribution in [0.15, 0.2) is 17.8 Å². The predicted molar refractivity (Wildman–Crippen MR) is 70.5 cm³/mol. The normalized spacial score (nSPS) is 15.3. The van der Waals surface area contributed by atoms with E-state index >= 15 is 0 Å². The Kier molecular flexibility index (Phi) is 4.15. The standard InChI is InChI=1S/C13H20N4O/c1-10-12(9-17(2)16-10)13(18)15-8-5-11-3-6-14-7-4-11/h3,9,14H,4-8H2,1-2H3,(H,15,18). The Bertz CT molecular complexity index is 462. The third kappa shape index (κ3) is 3.20. The zero-order valence-electron chi connectivity index (χ0n) is 11.0. The number of hydrogen-bond acceptors (Lipinski definition) is 3. The third-order valence-corrected chi connectivity index (χ3v) is 3.15. The third-order valence-electron chi connectivity index (χ3n) is 3.15. The highest BCUT2D eigenvalue weighted by atomic mass is 16.1. The molecule has 18 heavy (non-hydrogen) atoms. The lowest BCUT2D eigenvalue weighted by Gasteiger charge is -2.14. The van der Waals surface area contributed by atoms with Crippen LogP contribution < -0.4 is 10.6 Å². The van der Waals surface area contributed by atoms with Crippen molar-refractivity contribution in [2.75, 3.05) is 19.6 Å². The number of carbonyl (C=O) groups excluding carboxylic acids is 1. The number of nitrogens with zero attached hydrogens (tertiary/aromatic N) is 2. The number of nitrogens with one attached hydrogen (secondary N) is 2. The van der Waals surface area contributed by atoms with Gasteiger partial charge in [-0.1, -0.05) is 11.6 Å². The summed E-state index contributed by atoms with van der Waals surface area (Å²) >= 11 is 0. The van der Waals surface area contributed by atoms with Crippen LogP contribution >= 0.6 is 0 Å². The van der Waals surface area contributed by atoms with Crippen LogP contribution in [0.1, 0.15) is 28.9 Å². The molecule has 0 atom stereocenters. The van der Waals surface area contributed by atoms with E-state index in [1.165, 1.54) is 5.57 Å². The lowest BCUT2D eigenvalue weighted by Crippen LogP contribution is -2.26. The van der Waals surface area contributed by atoms with Gasteiger partial charge in [0.05, 0.1) is 11.3 Å². The summed E-state index contributed by atoms with van der Waals surface area (Å²) in [6, 6.07) is 0. The summed E-state index contributed by atoms with van der Waals surface area (Å²) in [6.07, 6.45) is 5.99. The van der Waals surface area contributed by atoms with E-state index in [4.69, 9.17) is 0 Å². The number of amides is 1. The van der Waals surface area contributed by atoms with Gasteiger partial charge in [-0.2, -0.15) is 5.10 Å². The fraction of sp³-hybridized carbons (Fsp3) is 0.538. The molecule has 1 aromatic rings. The van der Waals surface area contributed by atoms with Crippen LogP contribution in [-0.4, -0.2) is 35.3 Å². The van der Waals surface area contributed by atoms with Crippen LogP contribution in [-0.2, 0) is 7.05 Å². The molecule has 2 N–H and O–H groups in total. The highest BCUT2D eigenvalue weighted by molar-refractivity contribution is 5.94. The van der Waals surface area contributed by atoms with Gasteiger partial charge in [-0.15, -0.1) is 0 Å². The molecule has 98 valence electrons. The number of aryl methyl sites for hydroxylation is 2. The Morgan fingerprint density at radius 3 is 3.06 bits per heavy atom. The molecular weight excluding hydrogens is 228 g/mol. The molecule has 1 aromatic heterocycles. The molecule has 0 spiro atoms. The zero-order valence-corrected chi connectivity index (χ0v) is 11.0. The molecule has 5 nitrogen and oxygen atoms in total. The fourth-order valence-corrected chi connectivity index (χ4v) is 2.15. The van der Waals surface area contributed by atoms with Crippen LogP contribution in [0.5, 0.6) is 0 Å². The van der Waals surface area contributed by atoms with E-state index in [0.29, 0.717) is 12.1 Å². The average molecular weight is 248 g/mol. The second-order valence-electron chi connectivity index (χ2n) is 4.62. The Labute approximate surface area is 107 Å². The van der Waals surface area contributed by atoms with Gasteiger partial charge >= 0.3 is 0 Å². The lowest BCUT2D eigenvalue weighted by molar-refractivity contribution is 0.0953.